The topological polar surface area (TPSA) is 44.7 Å². The molecular weight excluding hydrogens is 430 g/mol. The Balaban J connectivity index is 0.00000220. The lowest BCUT2D eigenvalue weighted by molar-refractivity contribution is 0.146. The molecule has 1 fully saturated rings. The predicted octanol–water partition coefficient (Wildman–Crippen LogP) is 3.26. The summed E-state index contributed by atoms with van der Waals surface area (Å²) in [4.78, 5) is 2.10. The van der Waals surface area contributed by atoms with Gasteiger partial charge in [-0.25, -0.2) is 4.39 Å². The molecule has 1 aromatic carbocycles. The van der Waals surface area contributed by atoms with E-state index in [2.05, 4.69) is 42.1 Å². The fourth-order valence-corrected chi connectivity index (χ4v) is 3.37. The summed E-state index contributed by atoms with van der Waals surface area (Å²) in [6, 6.07) is 1.34. The molecule has 0 unspecified atom stereocenters. The summed E-state index contributed by atoms with van der Waals surface area (Å²) in [5, 5.41) is 13.2. The Bertz CT molecular complexity index is 488. The molecule has 0 spiro atoms. The van der Waals surface area contributed by atoms with Crippen molar-refractivity contribution in [3.05, 3.63) is 20.6 Å². The maximum absolute atomic E-state index is 13.6. The number of rotatable bonds is 4. The molecule has 0 amide bonds. The Morgan fingerprint density at radius 2 is 2.00 bits per heavy atom. The number of phenols is 1. The molecule has 120 valence electrons. The maximum Gasteiger partial charge on any atom is 0.173 e. The standard InChI is InChI=1S/C13H17Br2FN2O2.ClH/c1-20-10-6-8(11(14)12(15)13(10)19)9(7-16)18-4-2-17-3-5-18;/h6,9,17,19H,2-5,7H2,1H3;1H/t9-;/m1./s1. The maximum atomic E-state index is 13.6. The predicted molar refractivity (Wildman–Crippen MR) is 90.5 cm³/mol. The number of halogens is 4. The number of nitrogens with zero attached hydrogens (tertiary/aromatic N) is 1. The zero-order valence-corrected chi connectivity index (χ0v) is 15.5. The number of nitrogens with one attached hydrogen (secondary N) is 1. The van der Waals surface area contributed by atoms with Crippen molar-refractivity contribution in [2.45, 2.75) is 6.04 Å². The van der Waals surface area contributed by atoms with Gasteiger partial charge in [-0.05, 0) is 43.5 Å². The van der Waals surface area contributed by atoms with Crippen LogP contribution in [0, 0.1) is 0 Å². The molecule has 1 aromatic rings. The largest absolute Gasteiger partial charge is 0.503 e. The molecule has 2 rings (SSSR count). The minimum absolute atomic E-state index is 0. The van der Waals surface area contributed by atoms with Crippen molar-refractivity contribution in [1.29, 1.82) is 0 Å². The molecule has 0 bridgehead atoms. The van der Waals surface area contributed by atoms with E-state index in [0.29, 0.717) is 14.7 Å². The Kier molecular flexibility index (Phi) is 7.70. The first-order chi connectivity index (χ1) is 9.60. The van der Waals surface area contributed by atoms with E-state index in [1.54, 1.807) is 6.07 Å². The van der Waals surface area contributed by atoms with Crippen LogP contribution in [0.3, 0.4) is 0 Å². The van der Waals surface area contributed by atoms with Crippen LogP contribution in [0.2, 0.25) is 0 Å². The molecule has 8 heteroatoms. The van der Waals surface area contributed by atoms with Crippen molar-refractivity contribution in [3.8, 4) is 11.5 Å². The van der Waals surface area contributed by atoms with Gasteiger partial charge in [-0.2, -0.15) is 0 Å². The molecule has 2 N–H and O–H groups in total. The van der Waals surface area contributed by atoms with Gasteiger partial charge in [-0.3, -0.25) is 4.90 Å². The highest BCUT2D eigenvalue weighted by Gasteiger charge is 2.27. The lowest BCUT2D eigenvalue weighted by atomic mass is 10.0. The molecule has 0 aliphatic carbocycles. The van der Waals surface area contributed by atoms with Gasteiger partial charge in [0.2, 0.25) is 0 Å². The molecule has 0 radical (unpaired) electrons. The zero-order valence-electron chi connectivity index (χ0n) is 11.5. The molecule has 1 saturated heterocycles. The second-order valence-electron chi connectivity index (χ2n) is 4.60. The molecule has 4 nitrogen and oxygen atoms in total. The summed E-state index contributed by atoms with van der Waals surface area (Å²) in [7, 11) is 1.48. The van der Waals surface area contributed by atoms with Gasteiger partial charge in [0.1, 0.15) is 6.67 Å². The Morgan fingerprint density at radius 1 is 1.38 bits per heavy atom. The fraction of sp³-hybridized carbons (Fsp3) is 0.538. The molecule has 21 heavy (non-hydrogen) atoms. The van der Waals surface area contributed by atoms with E-state index in [4.69, 9.17) is 4.74 Å². The second kappa shape index (κ2) is 8.53. The first-order valence-corrected chi connectivity index (χ1v) is 7.94. The van der Waals surface area contributed by atoms with Crippen LogP contribution >= 0.6 is 44.3 Å². The van der Waals surface area contributed by atoms with Crippen molar-refractivity contribution in [1.82, 2.24) is 10.2 Å². The van der Waals surface area contributed by atoms with Crippen LogP contribution in [0.4, 0.5) is 4.39 Å². The van der Waals surface area contributed by atoms with Gasteiger partial charge in [-0.15, -0.1) is 12.4 Å². The van der Waals surface area contributed by atoms with Crippen LogP contribution in [-0.2, 0) is 0 Å². The van der Waals surface area contributed by atoms with Crippen LogP contribution in [0.5, 0.6) is 11.5 Å². The molecule has 0 saturated carbocycles. The molecule has 1 atom stereocenters. The smallest absolute Gasteiger partial charge is 0.173 e. The summed E-state index contributed by atoms with van der Waals surface area (Å²) < 4.78 is 19.9. The van der Waals surface area contributed by atoms with Gasteiger partial charge < -0.3 is 15.2 Å². The van der Waals surface area contributed by atoms with Crippen molar-refractivity contribution in [3.63, 3.8) is 0 Å². The van der Waals surface area contributed by atoms with Crippen LogP contribution in [0.1, 0.15) is 11.6 Å². The summed E-state index contributed by atoms with van der Waals surface area (Å²) in [5.74, 6) is 0.352. The average Bonchev–Trinajstić information content (AvgIpc) is 2.49. The average molecular weight is 449 g/mol. The van der Waals surface area contributed by atoms with Gasteiger partial charge in [0.05, 0.1) is 17.6 Å². The van der Waals surface area contributed by atoms with E-state index in [1.165, 1.54) is 7.11 Å². The molecular formula is C13H18Br2ClFN2O2. The van der Waals surface area contributed by atoms with Gasteiger partial charge in [0, 0.05) is 30.7 Å². The van der Waals surface area contributed by atoms with Crippen molar-refractivity contribution in [2.24, 2.45) is 0 Å². The van der Waals surface area contributed by atoms with E-state index in [0.717, 1.165) is 31.7 Å². The van der Waals surface area contributed by atoms with Crippen LogP contribution in [0.25, 0.3) is 0 Å². The normalized spacial score (nSPS) is 17.1. The fourth-order valence-electron chi connectivity index (χ4n) is 2.38. The SMILES string of the molecule is COc1cc([C@@H](CF)N2CCNCC2)c(Br)c(Br)c1O.Cl. The summed E-state index contributed by atoms with van der Waals surface area (Å²) in [6.45, 7) is 2.80. The highest BCUT2D eigenvalue weighted by Crippen LogP contribution is 2.44. The van der Waals surface area contributed by atoms with E-state index < -0.39 is 6.67 Å². The number of benzene rings is 1. The third-order valence-electron chi connectivity index (χ3n) is 3.49. The van der Waals surface area contributed by atoms with E-state index in [9.17, 15) is 9.50 Å². The van der Waals surface area contributed by atoms with Gasteiger partial charge >= 0.3 is 0 Å². The number of phenolic OH excluding ortho intramolecular Hbond substituents is 1. The molecule has 1 heterocycles. The number of piperazine rings is 1. The highest BCUT2D eigenvalue weighted by molar-refractivity contribution is 9.13. The first-order valence-electron chi connectivity index (χ1n) is 6.35. The zero-order chi connectivity index (χ0) is 14.7. The molecule has 0 aromatic heterocycles. The first kappa shape index (κ1) is 19.0. The minimum atomic E-state index is -0.487. The Morgan fingerprint density at radius 3 is 2.52 bits per heavy atom. The monoisotopic (exact) mass is 446 g/mol. The van der Waals surface area contributed by atoms with Crippen LogP contribution < -0.4 is 10.1 Å². The Labute approximate surface area is 146 Å². The second-order valence-corrected chi connectivity index (χ2v) is 6.19. The van der Waals surface area contributed by atoms with Crippen molar-refractivity contribution in [2.75, 3.05) is 40.0 Å². The third kappa shape index (κ3) is 4.01. The molecule has 1 aliphatic rings. The number of hydrogen-bond acceptors (Lipinski definition) is 4. The Hall–Kier alpha value is -0.0800. The van der Waals surface area contributed by atoms with Gasteiger partial charge in [0.15, 0.2) is 11.5 Å². The highest BCUT2D eigenvalue weighted by atomic mass is 79.9. The number of alkyl halides is 1. The number of aromatic hydroxyl groups is 1. The lowest BCUT2D eigenvalue weighted by Gasteiger charge is -2.34. The quantitative estimate of drug-likeness (QED) is 0.742. The summed E-state index contributed by atoms with van der Waals surface area (Å²) in [5.41, 5.74) is 0.774. The van der Waals surface area contributed by atoms with Gasteiger partial charge in [0.25, 0.3) is 0 Å². The van der Waals surface area contributed by atoms with Crippen LogP contribution in [-0.4, -0.2) is 50.0 Å². The lowest BCUT2D eigenvalue weighted by Crippen LogP contribution is -2.45. The summed E-state index contributed by atoms with van der Waals surface area (Å²) >= 11 is 6.74. The summed E-state index contributed by atoms with van der Waals surface area (Å²) in [6.07, 6.45) is 0. The van der Waals surface area contributed by atoms with E-state index in [1.807, 2.05) is 0 Å². The third-order valence-corrected chi connectivity index (χ3v) is 5.65. The number of hydrogen-bond donors (Lipinski definition) is 2. The van der Waals surface area contributed by atoms with E-state index >= 15 is 0 Å². The van der Waals surface area contributed by atoms with E-state index in [-0.39, 0.29) is 24.2 Å². The number of ether oxygens (including phenoxy) is 1. The molecule has 1 aliphatic heterocycles. The van der Waals surface area contributed by atoms with Crippen molar-refractivity contribution >= 4 is 44.3 Å². The van der Waals surface area contributed by atoms with Crippen LogP contribution in [0.15, 0.2) is 15.0 Å². The minimum Gasteiger partial charge on any atom is -0.503 e. The van der Waals surface area contributed by atoms with Gasteiger partial charge in [-0.1, -0.05) is 0 Å². The van der Waals surface area contributed by atoms with Crippen molar-refractivity contribution < 1.29 is 14.2 Å². The number of methoxy groups -OCH3 is 1.